The molecule has 0 radical (unpaired) electrons. The van der Waals surface area contributed by atoms with Gasteiger partial charge in [-0.25, -0.2) is 0 Å². The average molecular weight is 327 g/mol. The lowest BCUT2D eigenvalue weighted by molar-refractivity contribution is -0.0346. The van der Waals surface area contributed by atoms with Gasteiger partial charge in [0, 0.05) is 11.9 Å². The number of nitrogens with one attached hydrogen (secondary N) is 2. The summed E-state index contributed by atoms with van der Waals surface area (Å²) in [5.41, 5.74) is 0.235. The van der Waals surface area contributed by atoms with Gasteiger partial charge in [-0.05, 0) is 37.8 Å². The lowest BCUT2D eigenvalue weighted by Gasteiger charge is -2.23. The Morgan fingerprint density at radius 1 is 1.29 bits per heavy atom. The van der Waals surface area contributed by atoms with Crippen molar-refractivity contribution in [1.29, 1.82) is 0 Å². The van der Waals surface area contributed by atoms with E-state index in [1.54, 1.807) is 18.2 Å². The first kappa shape index (κ1) is 15.3. The molecule has 6 nitrogen and oxygen atoms in total. The molecular weight excluding hydrogens is 306 g/mol. The minimum atomic E-state index is -0.446. The SMILES string of the molecule is O=C(NCC1CCC2(CCCC2)O1)c1n[nH]c2ccccc2c1=O. The van der Waals surface area contributed by atoms with E-state index in [0.717, 1.165) is 25.7 Å². The number of aromatic nitrogens is 2. The van der Waals surface area contributed by atoms with Crippen molar-refractivity contribution < 1.29 is 9.53 Å². The zero-order valence-corrected chi connectivity index (χ0v) is 13.5. The van der Waals surface area contributed by atoms with E-state index < -0.39 is 5.91 Å². The molecule has 1 aliphatic carbocycles. The van der Waals surface area contributed by atoms with Crippen LogP contribution in [0.1, 0.15) is 49.0 Å². The van der Waals surface area contributed by atoms with Crippen LogP contribution < -0.4 is 10.7 Å². The van der Waals surface area contributed by atoms with Crippen molar-refractivity contribution >= 4 is 16.8 Å². The Labute approximate surface area is 139 Å². The summed E-state index contributed by atoms with van der Waals surface area (Å²) in [6.45, 7) is 0.425. The molecule has 2 N–H and O–H groups in total. The highest BCUT2D eigenvalue weighted by atomic mass is 16.5. The summed E-state index contributed by atoms with van der Waals surface area (Å²) < 4.78 is 6.18. The first-order valence-corrected chi connectivity index (χ1v) is 8.60. The Kier molecular flexibility index (Phi) is 3.84. The summed E-state index contributed by atoms with van der Waals surface area (Å²) in [6, 6.07) is 7.04. The molecule has 2 aromatic rings. The molecule has 1 amide bonds. The lowest BCUT2D eigenvalue weighted by atomic mass is 9.98. The van der Waals surface area contributed by atoms with Gasteiger partial charge in [0.25, 0.3) is 5.91 Å². The van der Waals surface area contributed by atoms with Crippen molar-refractivity contribution in [2.24, 2.45) is 0 Å². The van der Waals surface area contributed by atoms with Crippen LogP contribution >= 0.6 is 0 Å². The number of carbonyl (C=O) groups excluding carboxylic acids is 1. The van der Waals surface area contributed by atoms with Gasteiger partial charge in [0.1, 0.15) is 0 Å². The van der Waals surface area contributed by atoms with Crippen LogP contribution in [0.4, 0.5) is 0 Å². The van der Waals surface area contributed by atoms with Gasteiger partial charge in [-0.1, -0.05) is 25.0 Å². The second-order valence-electron chi connectivity index (χ2n) is 6.83. The maximum atomic E-state index is 12.4. The van der Waals surface area contributed by atoms with E-state index in [9.17, 15) is 9.59 Å². The molecular formula is C18H21N3O3. The topological polar surface area (TPSA) is 84.1 Å². The molecule has 2 fully saturated rings. The Bertz CT molecular complexity index is 824. The third-order valence-corrected chi connectivity index (χ3v) is 5.23. The second-order valence-corrected chi connectivity index (χ2v) is 6.83. The van der Waals surface area contributed by atoms with Gasteiger partial charge in [0.15, 0.2) is 5.69 Å². The molecule has 2 aliphatic rings. The summed E-state index contributed by atoms with van der Waals surface area (Å²) in [4.78, 5) is 24.7. The number of rotatable bonds is 3. The number of para-hydroxylation sites is 1. The summed E-state index contributed by atoms with van der Waals surface area (Å²) >= 11 is 0. The molecule has 1 saturated heterocycles. The van der Waals surface area contributed by atoms with Crippen molar-refractivity contribution in [2.45, 2.75) is 50.2 Å². The third-order valence-electron chi connectivity index (χ3n) is 5.23. The first-order chi connectivity index (χ1) is 11.7. The number of hydrogen-bond acceptors (Lipinski definition) is 4. The normalized spacial score (nSPS) is 22.2. The Balaban J connectivity index is 1.43. The maximum Gasteiger partial charge on any atom is 0.275 e. The first-order valence-electron chi connectivity index (χ1n) is 8.60. The molecule has 1 spiro atoms. The average Bonchev–Trinajstić information content (AvgIpc) is 3.23. The molecule has 4 rings (SSSR count). The van der Waals surface area contributed by atoms with Crippen LogP contribution in [-0.4, -0.2) is 34.4 Å². The van der Waals surface area contributed by atoms with Crippen LogP contribution in [0.3, 0.4) is 0 Å². The molecule has 1 aromatic heterocycles. The monoisotopic (exact) mass is 327 g/mol. The smallest absolute Gasteiger partial charge is 0.275 e. The number of benzene rings is 1. The van der Waals surface area contributed by atoms with Gasteiger partial charge >= 0.3 is 0 Å². The summed E-state index contributed by atoms with van der Waals surface area (Å²) in [6.07, 6.45) is 6.79. The lowest BCUT2D eigenvalue weighted by Crippen LogP contribution is -2.37. The van der Waals surface area contributed by atoms with Crippen LogP contribution in [0.2, 0.25) is 0 Å². The van der Waals surface area contributed by atoms with Gasteiger partial charge in [0.2, 0.25) is 5.43 Å². The van der Waals surface area contributed by atoms with Crippen molar-refractivity contribution in [1.82, 2.24) is 15.5 Å². The molecule has 1 aliphatic heterocycles. The fourth-order valence-electron chi connectivity index (χ4n) is 3.94. The minimum Gasteiger partial charge on any atom is -0.370 e. The Morgan fingerprint density at radius 2 is 2.08 bits per heavy atom. The van der Waals surface area contributed by atoms with E-state index in [4.69, 9.17) is 4.74 Å². The molecule has 0 bridgehead atoms. The molecule has 126 valence electrons. The number of fused-ring (bicyclic) bond motifs is 1. The largest absolute Gasteiger partial charge is 0.370 e. The van der Waals surface area contributed by atoms with Gasteiger partial charge in [-0.2, -0.15) is 5.10 Å². The molecule has 1 aromatic carbocycles. The van der Waals surface area contributed by atoms with Crippen molar-refractivity contribution in [3.63, 3.8) is 0 Å². The van der Waals surface area contributed by atoms with Crippen LogP contribution in [0.15, 0.2) is 29.1 Å². The van der Waals surface area contributed by atoms with Crippen LogP contribution in [0.5, 0.6) is 0 Å². The zero-order chi connectivity index (χ0) is 16.6. The summed E-state index contributed by atoms with van der Waals surface area (Å²) in [7, 11) is 0. The zero-order valence-electron chi connectivity index (χ0n) is 13.5. The second kappa shape index (κ2) is 6.02. The van der Waals surface area contributed by atoms with E-state index in [1.807, 2.05) is 6.07 Å². The van der Waals surface area contributed by atoms with Gasteiger partial charge in [0.05, 0.1) is 17.2 Å². The highest BCUT2D eigenvalue weighted by Gasteiger charge is 2.42. The standard InChI is InChI=1S/C18H21N3O3/c22-16-13-5-1-2-6-14(13)20-21-15(16)17(23)19-11-12-7-10-18(24-12)8-3-4-9-18/h1-2,5-6,12H,3-4,7-11H2,(H,19,23)(H,20,22). The predicted molar refractivity (Wildman–Crippen MR) is 90.0 cm³/mol. The fourth-order valence-corrected chi connectivity index (χ4v) is 3.94. The van der Waals surface area contributed by atoms with Crippen LogP contribution in [-0.2, 0) is 4.74 Å². The third kappa shape index (κ3) is 2.71. The molecule has 6 heteroatoms. The number of aromatic amines is 1. The number of carbonyl (C=O) groups is 1. The summed E-state index contributed by atoms with van der Waals surface area (Å²) in [5, 5.41) is 9.98. The van der Waals surface area contributed by atoms with Crippen molar-refractivity contribution in [3.8, 4) is 0 Å². The predicted octanol–water partition coefficient (Wildman–Crippen LogP) is 2.14. The number of H-pyrrole nitrogens is 1. The van der Waals surface area contributed by atoms with Gasteiger partial charge < -0.3 is 10.1 Å². The minimum absolute atomic E-state index is 0.0339. The Morgan fingerprint density at radius 3 is 2.92 bits per heavy atom. The van der Waals surface area contributed by atoms with Crippen molar-refractivity contribution in [3.05, 3.63) is 40.2 Å². The Hall–Kier alpha value is -2.21. The van der Waals surface area contributed by atoms with Crippen LogP contribution in [0, 0.1) is 0 Å². The molecule has 1 unspecified atom stereocenters. The molecule has 1 atom stereocenters. The van der Waals surface area contributed by atoms with E-state index in [2.05, 4.69) is 15.5 Å². The molecule has 1 saturated carbocycles. The van der Waals surface area contributed by atoms with Gasteiger partial charge in [-0.15, -0.1) is 0 Å². The highest BCUT2D eigenvalue weighted by molar-refractivity contribution is 5.95. The maximum absolute atomic E-state index is 12.4. The molecule has 2 heterocycles. The van der Waals surface area contributed by atoms with Crippen LogP contribution in [0.25, 0.3) is 10.9 Å². The summed E-state index contributed by atoms with van der Waals surface area (Å²) in [5.74, 6) is -0.446. The fraction of sp³-hybridized carbons (Fsp3) is 0.500. The number of ether oxygens (including phenoxy) is 1. The molecule has 24 heavy (non-hydrogen) atoms. The van der Waals surface area contributed by atoms with Crippen molar-refractivity contribution in [2.75, 3.05) is 6.54 Å². The quantitative estimate of drug-likeness (QED) is 0.904. The highest BCUT2D eigenvalue weighted by Crippen LogP contribution is 2.43. The number of nitrogens with zero attached hydrogens (tertiary/aromatic N) is 1. The van der Waals surface area contributed by atoms with E-state index >= 15 is 0 Å². The number of amides is 1. The van der Waals surface area contributed by atoms with E-state index in [1.165, 1.54) is 12.8 Å². The number of hydrogen-bond donors (Lipinski definition) is 2. The van der Waals surface area contributed by atoms with Gasteiger partial charge in [-0.3, -0.25) is 14.7 Å². The van der Waals surface area contributed by atoms with E-state index in [0.29, 0.717) is 17.4 Å². The van der Waals surface area contributed by atoms with E-state index in [-0.39, 0.29) is 22.8 Å².